The largest absolute Gasteiger partial charge is 0.297 e. The second-order valence-corrected chi connectivity index (χ2v) is 7.74. The van der Waals surface area contributed by atoms with Crippen LogP contribution in [0.2, 0.25) is 0 Å². The third kappa shape index (κ3) is 2.68. The van der Waals surface area contributed by atoms with Crippen LogP contribution in [0.5, 0.6) is 0 Å². The van der Waals surface area contributed by atoms with Crippen molar-refractivity contribution in [2.24, 2.45) is 0 Å². The Kier molecular flexibility index (Phi) is 3.59. The van der Waals surface area contributed by atoms with Gasteiger partial charge in [0.25, 0.3) is 10.0 Å². The standard InChI is InChI=1S/C17H13N3O2S2/c21-24(22,13-6-2-1-3-7-13)19-15-9-5-4-8-14(15)16-12-20-10-11-23-17(20)18-16/h1-12,19H. The van der Waals surface area contributed by atoms with Gasteiger partial charge in [-0.05, 0) is 18.2 Å². The Morgan fingerprint density at radius 2 is 1.75 bits per heavy atom. The molecule has 2 aromatic heterocycles. The third-order valence-electron chi connectivity index (χ3n) is 3.59. The van der Waals surface area contributed by atoms with Crippen molar-refractivity contribution >= 4 is 32.0 Å². The third-order valence-corrected chi connectivity index (χ3v) is 5.75. The fourth-order valence-corrected chi connectivity index (χ4v) is 4.26. The Morgan fingerprint density at radius 1 is 1.00 bits per heavy atom. The summed E-state index contributed by atoms with van der Waals surface area (Å²) < 4.78 is 29.7. The quantitative estimate of drug-likeness (QED) is 0.604. The normalized spacial score (nSPS) is 11.7. The summed E-state index contributed by atoms with van der Waals surface area (Å²) in [7, 11) is -3.64. The van der Waals surface area contributed by atoms with Gasteiger partial charge in [-0.2, -0.15) is 0 Å². The van der Waals surface area contributed by atoms with Crippen LogP contribution in [-0.2, 0) is 10.0 Å². The van der Waals surface area contributed by atoms with E-state index in [4.69, 9.17) is 0 Å². The van der Waals surface area contributed by atoms with Crippen molar-refractivity contribution in [2.45, 2.75) is 4.90 Å². The van der Waals surface area contributed by atoms with Crippen molar-refractivity contribution in [1.82, 2.24) is 9.38 Å². The highest BCUT2D eigenvalue weighted by atomic mass is 32.2. The average molecular weight is 355 g/mol. The molecule has 0 radical (unpaired) electrons. The van der Waals surface area contributed by atoms with E-state index in [0.29, 0.717) is 5.69 Å². The molecule has 120 valence electrons. The Hall–Kier alpha value is -2.64. The van der Waals surface area contributed by atoms with Gasteiger partial charge in [-0.3, -0.25) is 9.12 Å². The summed E-state index contributed by atoms with van der Waals surface area (Å²) in [6, 6.07) is 15.6. The van der Waals surface area contributed by atoms with E-state index in [0.717, 1.165) is 16.2 Å². The molecule has 24 heavy (non-hydrogen) atoms. The molecule has 0 atom stereocenters. The average Bonchev–Trinajstić information content (AvgIpc) is 3.17. The van der Waals surface area contributed by atoms with E-state index in [9.17, 15) is 8.42 Å². The van der Waals surface area contributed by atoms with Crippen LogP contribution in [0.25, 0.3) is 16.2 Å². The number of hydrogen-bond acceptors (Lipinski definition) is 4. The fraction of sp³-hybridized carbons (Fsp3) is 0. The zero-order valence-electron chi connectivity index (χ0n) is 12.5. The molecule has 0 unspecified atom stereocenters. The van der Waals surface area contributed by atoms with E-state index in [-0.39, 0.29) is 4.90 Å². The van der Waals surface area contributed by atoms with Crippen molar-refractivity contribution in [2.75, 3.05) is 4.72 Å². The second kappa shape index (κ2) is 5.77. The first-order chi connectivity index (χ1) is 11.6. The van der Waals surface area contributed by atoms with Gasteiger partial charge < -0.3 is 0 Å². The van der Waals surface area contributed by atoms with Gasteiger partial charge in [0.05, 0.1) is 16.3 Å². The lowest BCUT2D eigenvalue weighted by molar-refractivity contribution is 0.601. The first-order valence-electron chi connectivity index (χ1n) is 7.23. The Labute approximate surface area is 143 Å². The molecular formula is C17H13N3O2S2. The number of sulfonamides is 1. The SMILES string of the molecule is O=S(=O)(Nc1ccccc1-c1cn2ccsc2n1)c1ccccc1. The van der Waals surface area contributed by atoms with Crippen molar-refractivity contribution in [3.63, 3.8) is 0 Å². The molecule has 2 aromatic carbocycles. The van der Waals surface area contributed by atoms with Crippen LogP contribution in [0.1, 0.15) is 0 Å². The maximum Gasteiger partial charge on any atom is 0.261 e. The van der Waals surface area contributed by atoms with Crippen LogP contribution in [0.4, 0.5) is 5.69 Å². The van der Waals surface area contributed by atoms with Gasteiger partial charge in [-0.15, -0.1) is 11.3 Å². The molecule has 7 heteroatoms. The molecule has 0 aliphatic heterocycles. The fourth-order valence-electron chi connectivity index (χ4n) is 2.46. The summed E-state index contributed by atoms with van der Waals surface area (Å²) in [5.41, 5.74) is 1.98. The van der Waals surface area contributed by atoms with E-state index in [2.05, 4.69) is 9.71 Å². The summed E-state index contributed by atoms with van der Waals surface area (Å²) in [6.07, 6.45) is 3.81. The zero-order chi connectivity index (χ0) is 16.6. The van der Waals surface area contributed by atoms with Crippen LogP contribution in [0.3, 0.4) is 0 Å². The van der Waals surface area contributed by atoms with Gasteiger partial charge in [0.2, 0.25) is 0 Å². The van der Waals surface area contributed by atoms with Crippen molar-refractivity contribution in [3.05, 3.63) is 72.4 Å². The zero-order valence-corrected chi connectivity index (χ0v) is 14.1. The van der Waals surface area contributed by atoms with Gasteiger partial charge in [0, 0.05) is 23.3 Å². The maximum absolute atomic E-state index is 12.6. The Bertz CT molecular complexity index is 1070. The van der Waals surface area contributed by atoms with Crippen LogP contribution in [-0.4, -0.2) is 17.8 Å². The lowest BCUT2D eigenvalue weighted by Crippen LogP contribution is -2.13. The van der Waals surface area contributed by atoms with Crippen LogP contribution in [0.15, 0.2) is 77.3 Å². The van der Waals surface area contributed by atoms with Crippen molar-refractivity contribution < 1.29 is 8.42 Å². The predicted octanol–water partition coefficient (Wildman–Crippen LogP) is 3.86. The number of hydrogen-bond donors (Lipinski definition) is 1. The highest BCUT2D eigenvalue weighted by Crippen LogP contribution is 2.30. The van der Waals surface area contributed by atoms with Gasteiger partial charge >= 0.3 is 0 Å². The number of fused-ring (bicyclic) bond motifs is 1. The Balaban J connectivity index is 1.76. The number of thiazole rings is 1. The van der Waals surface area contributed by atoms with Gasteiger partial charge in [-0.25, -0.2) is 13.4 Å². The van der Waals surface area contributed by atoms with Crippen LogP contribution in [0, 0.1) is 0 Å². The molecule has 0 amide bonds. The number of benzene rings is 2. The van der Waals surface area contributed by atoms with E-state index in [1.54, 1.807) is 42.5 Å². The molecule has 0 spiro atoms. The smallest absolute Gasteiger partial charge is 0.261 e. The lowest BCUT2D eigenvalue weighted by Gasteiger charge is -2.11. The molecular weight excluding hydrogens is 342 g/mol. The van der Waals surface area contributed by atoms with E-state index >= 15 is 0 Å². The number of nitrogens with zero attached hydrogens (tertiary/aromatic N) is 2. The first kappa shape index (κ1) is 14.9. The van der Waals surface area contributed by atoms with E-state index in [1.807, 2.05) is 34.3 Å². The number of para-hydroxylation sites is 1. The maximum atomic E-state index is 12.6. The number of anilines is 1. The molecule has 4 rings (SSSR count). The van der Waals surface area contributed by atoms with E-state index < -0.39 is 10.0 Å². The van der Waals surface area contributed by atoms with Gasteiger partial charge in [0.15, 0.2) is 4.96 Å². The number of rotatable bonds is 4. The number of aromatic nitrogens is 2. The second-order valence-electron chi connectivity index (χ2n) is 5.18. The number of imidazole rings is 1. The summed E-state index contributed by atoms with van der Waals surface area (Å²) in [5.74, 6) is 0. The van der Waals surface area contributed by atoms with Gasteiger partial charge in [0.1, 0.15) is 0 Å². The van der Waals surface area contributed by atoms with E-state index in [1.165, 1.54) is 11.3 Å². The summed E-state index contributed by atoms with van der Waals surface area (Å²) in [6.45, 7) is 0. The lowest BCUT2D eigenvalue weighted by atomic mass is 10.1. The highest BCUT2D eigenvalue weighted by Gasteiger charge is 2.17. The van der Waals surface area contributed by atoms with Gasteiger partial charge in [-0.1, -0.05) is 36.4 Å². The minimum absolute atomic E-state index is 0.227. The summed E-state index contributed by atoms with van der Waals surface area (Å²) in [4.78, 5) is 5.65. The minimum Gasteiger partial charge on any atom is -0.297 e. The topological polar surface area (TPSA) is 63.5 Å². The molecule has 0 saturated carbocycles. The highest BCUT2D eigenvalue weighted by molar-refractivity contribution is 7.92. The predicted molar refractivity (Wildman–Crippen MR) is 95.8 cm³/mol. The molecule has 1 N–H and O–H groups in total. The molecule has 0 aliphatic rings. The van der Waals surface area contributed by atoms with Crippen molar-refractivity contribution in [3.8, 4) is 11.3 Å². The molecule has 5 nitrogen and oxygen atoms in total. The molecule has 0 saturated heterocycles. The molecule has 0 bridgehead atoms. The molecule has 2 heterocycles. The summed E-state index contributed by atoms with van der Waals surface area (Å²) >= 11 is 1.53. The van der Waals surface area contributed by atoms with Crippen LogP contribution < -0.4 is 4.72 Å². The molecule has 0 fully saturated rings. The number of nitrogens with one attached hydrogen (secondary N) is 1. The Morgan fingerprint density at radius 3 is 2.54 bits per heavy atom. The summed E-state index contributed by atoms with van der Waals surface area (Å²) in [5, 5.41) is 1.95. The molecule has 0 aliphatic carbocycles. The van der Waals surface area contributed by atoms with Crippen molar-refractivity contribution in [1.29, 1.82) is 0 Å². The minimum atomic E-state index is -3.64. The monoisotopic (exact) mass is 355 g/mol. The first-order valence-corrected chi connectivity index (χ1v) is 9.59. The molecule has 4 aromatic rings. The van der Waals surface area contributed by atoms with Crippen LogP contribution >= 0.6 is 11.3 Å².